The van der Waals surface area contributed by atoms with Crippen molar-refractivity contribution < 1.29 is 9.47 Å². The number of unbranched alkanes of at least 4 members (excludes halogenated alkanes) is 4. The smallest absolute Gasteiger partial charge is 0.0477 e. The van der Waals surface area contributed by atoms with Crippen LogP contribution >= 0.6 is 0 Å². The van der Waals surface area contributed by atoms with Crippen molar-refractivity contribution in [3.8, 4) is 22.3 Å². The van der Waals surface area contributed by atoms with E-state index in [1.165, 1.54) is 55.6 Å². The van der Waals surface area contributed by atoms with Crippen LogP contribution in [0.15, 0.2) is 148 Å². The van der Waals surface area contributed by atoms with Crippen molar-refractivity contribution in [3.05, 3.63) is 192 Å². The second-order valence-corrected chi connectivity index (χ2v) is 24.0. The monoisotopic (exact) mass is 1050 g/mol. The Labute approximate surface area is 478 Å². The third-order valence-electron chi connectivity index (χ3n) is 20.9. The predicted molar refractivity (Wildman–Crippen MR) is 342 cm³/mol. The van der Waals surface area contributed by atoms with Crippen LogP contribution in [0.4, 0.5) is 0 Å². The van der Waals surface area contributed by atoms with Gasteiger partial charge in [0.2, 0.25) is 0 Å². The molecule has 0 fully saturated rings. The minimum absolute atomic E-state index is 0.0956. The SMILES string of the molecule is C=C/C=C/CCCC1(CCC/C=C/C=C)c2cc(C(C)(CC)CC)ccc2-c2ccc(C(CC)(CC)C(CC)(CC)c3ccc4c(c3)C(CCOCCCC=C)(CCOCCCC=C)c3cc(C(C)(CC)CC)ccc3-4)cc21. The predicted octanol–water partition coefficient (Wildman–Crippen LogP) is 21.8. The van der Waals surface area contributed by atoms with Gasteiger partial charge in [-0.25, -0.2) is 0 Å². The summed E-state index contributed by atoms with van der Waals surface area (Å²) in [7, 11) is 0. The first kappa shape index (κ1) is 62.4. The largest absolute Gasteiger partial charge is 0.381 e. The molecule has 0 N–H and O–H groups in total. The van der Waals surface area contributed by atoms with Gasteiger partial charge in [0.1, 0.15) is 0 Å². The Kier molecular flexibility index (Phi) is 22.9. The molecule has 2 heteroatoms. The van der Waals surface area contributed by atoms with Crippen LogP contribution in [0, 0.1) is 0 Å². The highest BCUT2D eigenvalue weighted by Gasteiger charge is 2.52. The van der Waals surface area contributed by atoms with E-state index >= 15 is 0 Å². The van der Waals surface area contributed by atoms with Crippen LogP contribution in [-0.2, 0) is 42.0 Å². The van der Waals surface area contributed by atoms with Crippen molar-refractivity contribution in [2.45, 2.75) is 230 Å². The van der Waals surface area contributed by atoms with Crippen LogP contribution in [-0.4, -0.2) is 26.4 Å². The summed E-state index contributed by atoms with van der Waals surface area (Å²) in [5.74, 6) is 0. The lowest BCUT2D eigenvalue weighted by Crippen LogP contribution is -2.48. The molecule has 0 aromatic heterocycles. The van der Waals surface area contributed by atoms with Crippen LogP contribution in [0.25, 0.3) is 22.3 Å². The molecule has 78 heavy (non-hydrogen) atoms. The van der Waals surface area contributed by atoms with Crippen molar-refractivity contribution in [2.24, 2.45) is 0 Å². The number of rotatable bonds is 37. The van der Waals surface area contributed by atoms with Crippen molar-refractivity contribution in [3.63, 3.8) is 0 Å². The van der Waals surface area contributed by atoms with Gasteiger partial charge in [-0.1, -0.05) is 204 Å². The first-order chi connectivity index (χ1) is 37.8. The van der Waals surface area contributed by atoms with E-state index in [4.69, 9.17) is 9.47 Å². The Bertz CT molecular complexity index is 2600. The highest BCUT2D eigenvalue weighted by atomic mass is 16.5. The molecule has 2 aliphatic rings. The molecule has 0 bridgehead atoms. The summed E-state index contributed by atoms with van der Waals surface area (Å²) in [6.45, 7) is 43.3. The fraction of sp³-hybridized carbons (Fsp3) is 0.526. The third kappa shape index (κ3) is 12.1. The van der Waals surface area contributed by atoms with Gasteiger partial charge in [0, 0.05) is 48.1 Å². The first-order valence-electron chi connectivity index (χ1n) is 31.4. The maximum absolute atomic E-state index is 6.62. The van der Waals surface area contributed by atoms with Gasteiger partial charge in [-0.3, -0.25) is 0 Å². The Hall–Kier alpha value is -4.76. The first-order valence-corrected chi connectivity index (χ1v) is 31.4. The molecule has 0 amide bonds. The maximum atomic E-state index is 6.62. The Balaban J connectivity index is 1.59. The number of allylic oxidation sites excluding steroid dienone is 8. The average Bonchev–Trinajstić information content (AvgIpc) is 4.14. The highest BCUT2D eigenvalue weighted by molar-refractivity contribution is 5.84. The Morgan fingerprint density at radius 1 is 0.385 bits per heavy atom. The molecular weight excluding hydrogens is 945 g/mol. The molecule has 422 valence electrons. The number of hydrogen-bond acceptors (Lipinski definition) is 2. The molecule has 0 unspecified atom stereocenters. The second-order valence-electron chi connectivity index (χ2n) is 24.0. The van der Waals surface area contributed by atoms with E-state index in [9.17, 15) is 0 Å². The van der Waals surface area contributed by atoms with Crippen LogP contribution in [0.5, 0.6) is 0 Å². The van der Waals surface area contributed by atoms with E-state index in [0.29, 0.717) is 13.2 Å². The van der Waals surface area contributed by atoms with Crippen molar-refractivity contribution >= 4 is 0 Å². The molecule has 0 saturated heterocycles. The van der Waals surface area contributed by atoms with Crippen LogP contribution < -0.4 is 0 Å². The van der Waals surface area contributed by atoms with Crippen LogP contribution in [0.3, 0.4) is 0 Å². The van der Waals surface area contributed by atoms with Gasteiger partial charge in [-0.2, -0.15) is 0 Å². The van der Waals surface area contributed by atoms with Gasteiger partial charge in [0.25, 0.3) is 0 Å². The number of ether oxygens (including phenoxy) is 2. The molecule has 4 aromatic rings. The summed E-state index contributed by atoms with van der Waals surface area (Å²) in [6, 6.07) is 31.0. The van der Waals surface area contributed by atoms with Crippen molar-refractivity contribution in [1.29, 1.82) is 0 Å². The Morgan fingerprint density at radius 2 is 0.705 bits per heavy atom. The molecule has 0 aliphatic heterocycles. The minimum Gasteiger partial charge on any atom is -0.381 e. The van der Waals surface area contributed by atoms with Crippen LogP contribution in [0.2, 0.25) is 0 Å². The summed E-state index contributed by atoms with van der Waals surface area (Å²) in [5, 5.41) is 0. The fourth-order valence-electron chi connectivity index (χ4n) is 15.0. The van der Waals surface area contributed by atoms with Gasteiger partial charge in [-0.05, 0) is 206 Å². The number of fused-ring (bicyclic) bond motifs is 6. The van der Waals surface area contributed by atoms with Gasteiger partial charge in [0.15, 0.2) is 0 Å². The zero-order valence-electron chi connectivity index (χ0n) is 51.2. The van der Waals surface area contributed by atoms with Gasteiger partial charge < -0.3 is 9.47 Å². The van der Waals surface area contributed by atoms with Gasteiger partial charge in [-0.15, -0.1) is 13.2 Å². The molecule has 0 radical (unpaired) electrons. The standard InChI is InChI=1S/C76H106O2/c1-15-27-31-33-35-47-73(48-36-34-32-28-16-2)67-55-59(71(13,19-5)20-6)39-43-63(67)65-45-41-61(57-69(65)73)75(23-9,24-10)76(25-11,26-12)62-42-46-66-64-44-40-60(72(14,21-7)22-8)56-68(64)74(70(66)58-62,49-53-77-51-37-29-17-3)50-54-78-52-38-30-18-4/h15-18,27-28,31-32,39-46,55-58H,1-4,19-26,29-30,33-38,47-54H2,5-14H3/b31-27+,32-28+. The van der Waals surface area contributed by atoms with Gasteiger partial charge >= 0.3 is 0 Å². The third-order valence-corrected chi connectivity index (χ3v) is 20.9. The lowest BCUT2D eigenvalue weighted by Gasteiger charge is -2.52. The van der Waals surface area contributed by atoms with E-state index in [1.807, 2.05) is 24.3 Å². The van der Waals surface area contributed by atoms with Crippen LogP contribution in [0.1, 0.15) is 242 Å². The molecule has 0 spiro atoms. The quantitative estimate of drug-likeness (QED) is 0.0255. The number of hydrogen-bond donors (Lipinski definition) is 0. The van der Waals surface area contributed by atoms with E-state index in [0.717, 1.165) is 142 Å². The molecule has 6 rings (SSSR count). The molecular formula is C76H106O2. The van der Waals surface area contributed by atoms with Crippen molar-refractivity contribution in [1.82, 2.24) is 0 Å². The summed E-state index contributed by atoms with van der Waals surface area (Å²) in [4.78, 5) is 0. The van der Waals surface area contributed by atoms with E-state index in [-0.39, 0.29) is 32.5 Å². The average molecular weight is 1050 g/mol. The summed E-state index contributed by atoms with van der Waals surface area (Å²) in [5.41, 5.74) is 17.2. The second kappa shape index (κ2) is 28.6. The molecule has 0 atom stereocenters. The minimum atomic E-state index is -0.268. The Morgan fingerprint density at radius 3 is 1.01 bits per heavy atom. The summed E-state index contributed by atoms with van der Waals surface area (Å²) in [6.07, 6.45) is 37.7. The van der Waals surface area contributed by atoms with E-state index < -0.39 is 0 Å². The molecule has 2 aliphatic carbocycles. The summed E-state index contributed by atoms with van der Waals surface area (Å²) < 4.78 is 13.2. The molecule has 4 aromatic carbocycles. The summed E-state index contributed by atoms with van der Waals surface area (Å²) >= 11 is 0. The lowest BCUT2D eigenvalue weighted by atomic mass is 9.51. The molecule has 0 heterocycles. The highest BCUT2D eigenvalue weighted by Crippen LogP contribution is 2.61. The van der Waals surface area contributed by atoms with E-state index in [1.54, 1.807) is 11.1 Å². The zero-order chi connectivity index (χ0) is 56.5. The van der Waals surface area contributed by atoms with Crippen molar-refractivity contribution in [2.75, 3.05) is 26.4 Å². The van der Waals surface area contributed by atoms with Gasteiger partial charge in [0.05, 0.1) is 0 Å². The number of benzene rings is 4. The zero-order valence-corrected chi connectivity index (χ0v) is 51.2. The fourth-order valence-corrected chi connectivity index (χ4v) is 15.0. The normalized spacial score (nSPS) is 14.6. The molecule has 0 saturated carbocycles. The lowest BCUT2D eigenvalue weighted by molar-refractivity contribution is 0.0933. The molecule has 2 nitrogen and oxygen atoms in total. The maximum Gasteiger partial charge on any atom is 0.0477 e. The topological polar surface area (TPSA) is 18.5 Å². The van der Waals surface area contributed by atoms with E-state index in [2.05, 4.69) is 193 Å².